The van der Waals surface area contributed by atoms with Gasteiger partial charge in [-0.05, 0) is 18.4 Å². The summed E-state index contributed by atoms with van der Waals surface area (Å²) in [4.78, 5) is 7.63. The largest absolute Gasteiger partial charge is 0.375 e. The van der Waals surface area contributed by atoms with Crippen LogP contribution in [0.1, 0.15) is 41.2 Å². The van der Waals surface area contributed by atoms with E-state index in [-0.39, 0.29) is 0 Å². The molecule has 2 aromatic rings. The summed E-state index contributed by atoms with van der Waals surface area (Å²) in [6.07, 6.45) is 2.41. The van der Waals surface area contributed by atoms with Crippen LogP contribution < -0.4 is 10.6 Å². The molecule has 0 bridgehead atoms. The van der Waals surface area contributed by atoms with E-state index in [4.69, 9.17) is 5.73 Å². The number of hydrogen-bond acceptors (Lipinski definition) is 7. The van der Waals surface area contributed by atoms with E-state index >= 15 is 0 Å². The number of anilines is 2. The second kappa shape index (κ2) is 5.89. The first-order valence-electron chi connectivity index (χ1n) is 7.45. The summed E-state index contributed by atoms with van der Waals surface area (Å²) in [5, 5.41) is 18.9. The Morgan fingerprint density at radius 1 is 1.32 bits per heavy atom. The summed E-state index contributed by atoms with van der Waals surface area (Å²) < 4.78 is 0. The first-order chi connectivity index (χ1) is 10.7. The van der Waals surface area contributed by atoms with Crippen molar-refractivity contribution in [2.45, 2.75) is 39.7 Å². The SMILES string of the molecule is CCc1nnc(N2CCc3nc(N)sc3C2)c(C#N)c1CC. The number of nitrogens with zero attached hydrogens (tertiary/aromatic N) is 5. The molecule has 3 heterocycles. The lowest BCUT2D eigenvalue weighted by atomic mass is 10.0. The predicted molar refractivity (Wildman–Crippen MR) is 86.8 cm³/mol. The van der Waals surface area contributed by atoms with Crippen LogP contribution in [0.4, 0.5) is 10.9 Å². The lowest BCUT2D eigenvalue weighted by Crippen LogP contribution is -2.31. The van der Waals surface area contributed by atoms with Gasteiger partial charge in [0.25, 0.3) is 0 Å². The zero-order valence-electron chi connectivity index (χ0n) is 12.8. The molecule has 0 unspecified atom stereocenters. The fourth-order valence-electron chi connectivity index (χ4n) is 2.90. The first-order valence-corrected chi connectivity index (χ1v) is 8.27. The average molecular weight is 314 g/mol. The Labute approximate surface area is 133 Å². The number of nitriles is 1. The molecule has 22 heavy (non-hydrogen) atoms. The molecule has 0 saturated carbocycles. The minimum atomic E-state index is 0.606. The lowest BCUT2D eigenvalue weighted by Gasteiger charge is -2.28. The molecule has 6 nitrogen and oxygen atoms in total. The zero-order chi connectivity index (χ0) is 15.7. The van der Waals surface area contributed by atoms with E-state index in [0.29, 0.717) is 23.1 Å². The highest BCUT2D eigenvalue weighted by atomic mass is 32.1. The number of nitrogen functional groups attached to an aromatic ring is 1. The van der Waals surface area contributed by atoms with Gasteiger partial charge in [-0.1, -0.05) is 13.8 Å². The van der Waals surface area contributed by atoms with Gasteiger partial charge in [0.05, 0.1) is 17.9 Å². The van der Waals surface area contributed by atoms with E-state index in [9.17, 15) is 5.26 Å². The second-order valence-corrected chi connectivity index (χ2v) is 6.35. The van der Waals surface area contributed by atoms with Crippen LogP contribution in [0, 0.1) is 11.3 Å². The van der Waals surface area contributed by atoms with Crippen LogP contribution in [-0.2, 0) is 25.8 Å². The number of aromatic nitrogens is 3. The van der Waals surface area contributed by atoms with Crippen molar-refractivity contribution in [3.63, 3.8) is 0 Å². The molecule has 3 rings (SSSR count). The van der Waals surface area contributed by atoms with Crippen molar-refractivity contribution in [3.8, 4) is 6.07 Å². The minimum Gasteiger partial charge on any atom is -0.375 e. The molecule has 0 atom stereocenters. The van der Waals surface area contributed by atoms with Gasteiger partial charge < -0.3 is 10.6 Å². The van der Waals surface area contributed by atoms with Crippen LogP contribution in [0.3, 0.4) is 0 Å². The summed E-state index contributed by atoms with van der Waals surface area (Å²) in [7, 11) is 0. The maximum Gasteiger partial charge on any atom is 0.180 e. The van der Waals surface area contributed by atoms with Gasteiger partial charge in [-0.25, -0.2) is 4.98 Å². The molecule has 0 amide bonds. The molecule has 0 aliphatic carbocycles. The van der Waals surface area contributed by atoms with E-state index in [0.717, 1.165) is 47.6 Å². The standard InChI is InChI=1S/C15H18N6S/c1-3-9-10(7-16)14(20-19-11(9)4-2)21-6-5-12-13(8-21)22-15(17)18-12/h3-6,8H2,1-2H3,(H2,17,18). The van der Waals surface area contributed by atoms with E-state index in [1.807, 2.05) is 6.92 Å². The van der Waals surface area contributed by atoms with E-state index in [1.165, 1.54) is 11.3 Å². The molecule has 0 saturated heterocycles. The monoisotopic (exact) mass is 314 g/mol. The third-order valence-electron chi connectivity index (χ3n) is 3.99. The van der Waals surface area contributed by atoms with Gasteiger partial charge in [0.1, 0.15) is 11.6 Å². The molecule has 114 valence electrons. The molecular weight excluding hydrogens is 296 g/mol. The fraction of sp³-hybridized carbons (Fsp3) is 0.467. The van der Waals surface area contributed by atoms with Crippen LogP contribution in [0.5, 0.6) is 0 Å². The van der Waals surface area contributed by atoms with E-state index < -0.39 is 0 Å². The van der Waals surface area contributed by atoms with Gasteiger partial charge in [0.2, 0.25) is 0 Å². The molecule has 0 radical (unpaired) electrons. The molecule has 0 fully saturated rings. The summed E-state index contributed by atoms with van der Waals surface area (Å²) in [5.74, 6) is 0.689. The normalized spacial score (nSPS) is 13.8. The number of fused-ring (bicyclic) bond motifs is 1. The number of nitrogens with two attached hydrogens (primary N) is 1. The van der Waals surface area contributed by atoms with Crippen molar-refractivity contribution in [2.75, 3.05) is 17.2 Å². The van der Waals surface area contributed by atoms with Gasteiger partial charge in [0.15, 0.2) is 10.9 Å². The Hall–Kier alpha value is -2.20. The van der Waals surface area contributed by atoms with Crippen LogP contribution in [-0.4, -0.2) is 21.7 Å². The van der Waals surface area contributed by atoms with Crippen molar-refractivity contribution in [3.05, 3.63) is 27.4 Å². The Bertz CT molecular complexity index is 745. The highest BCUT2D eigenvalue weighted by Crippen LogP contribution is 2.31. The van der Waals surface area contributed by atoms with Crippen LogP contribution in [0.25, 0.3) is 0 Å². The van der Waals surface area contributed by atoms with Gasteiger partial charge in [-0.2, -0.15) is 10.4 Å². The molecule has 1 aliphatic heterocycles. The van der Waals surface area contributed by atoms with Crippen molar-refractivity contribution >= 4 is 22.3 Å². The van der Waals surface area contributed by atoms with Gasteiger partial charge in [-0.15, -0.1) is 16.4 Å². The van der Waals surface area contributed by atoms with E-state index in [1.54, 1.807) is 0 Å². The van der Waals surface area contributed by atoms with Crippen molar-refractivity contribution in [2.24, 2.45) is 0 Å². The molecule has 0 spiro atoms. The number of thiazole rings is 1. The third kappa shape index (κ3) is 2.40. The van der Waals surface area contributed by atoms with Gasteiger partial charge in [0, 0.05) is 17.8 Å². The van der Waals surface area contributed by atoms with Crippen LogP contribution in [0.15, 0.2) is 0 Å². The second-order valence-electron chi connectivity index (χ2n) is 5.24. The summed E-state index contributed by atoms with van der Waals surface area (Å²) in [5.41, 5.74) is 9.47. The lowest BCUT2D eigenvalue weighted by molar-refractivity contribution is 0.703. The molecule has 2 aromatic heterocycles. The quantitative estimate of drug-likeness (QED) is 0.932. The predicted octanol–water partition coefficient (Wildman–Crippen LogP) is 2.07. The van der Waals surface area contributed by atoms with E-state index in [2.05, 4.69) is 33.1 Å². The number of hydrogen-bond donors (Lipinski definition) is 1. The highest BCUT2D eigenvalue weighted by Gasteiger charge is 2.25. The van der Waals surface area contributed by atoms with Crippen molar-refractivity contribution < 1.29 is 0 Å². The smallest absolute Gasteiger partial charge is 0.180 e. The zero-order valence-corrected chi connectivity index (χ0v) is 13.6. The Kier molecular flexibility index (Phi) is 3.94. The topological polar surface area (TPSA) is 91.7 Å². The summed E-state index contributed by atoms with van der Waals surface area (Å²) >= 11 is 1.51. The van der Waals surface area contributed by atoms with Crippen LogP contribution in [0.2, 0.25) is 0 Å². The van der Waals surface area contributed by atoms with Crippen molar-refractivity contribution in [1.29, 1.82) is 5.26 Å². The number of aryl methyl sites for hydroxylation is 1. The Morgan fingerprint density at radius 2 is 2.14 bits per heavy atom. The molecule has 7 heteroatoms. The van der Waals surface area contributed by atoms with Crippen molar-refractivity contribution in [1.82, 2.24) is 15.2 Å². The molecule has 0 aromatic carbocycles. The third-order valence-corrected chi connectivity index (χ3v) is 4.90. The molecular formula is C15H18N6S. The maximum absolute atomic E-state index is 9.61. The number of rotatable bonds is 3. The average Bonchev–Trinajstić information content (AvgIpc) is 2.92. The highest BCUT2D eigenvalue weighted by molar-refractivity contribution is 7.15. The fourth-order valence-corrected chi connectivity index (χ4v) is 3.79. The maximum atomic E-state index is 9.61. The summed E-state index contributed by atoms with van der Waals surface area (Å²) in [6.45, 7) is 5.58. The van der Waals surface area contributed by atoms with Gasteiger partial charge >= 0.3 is 0 Å². The minimum absolute atomic E-state index is 0.606. The molecule has 2 N–H and O–H groups in total. The Morgan fingerprint density at radius 3 is 2.82 bits per heavy atom. The summed E-state index contributed by atoms with van der Waals surface area (Å²) in [6, 6.07) is 2.34. The Balaban J connectivity index is 2.01. The van der Waals surface area contributed by atoms with Crippen LogP contribution >= 0.6 is 11.3 Å². The molecule has 1 aliphatic rings. The first kappa shape index (κ1) is 14.7. The van der Waals surface area contributed by atoms with Gasteiger partial charge in [-0.3, -0.25) is 0 Å².